The van der Waals surface area contributed by atoms with Gasteiger partial charge < -0.3 is 5.11 Å². The fourth-order valence-electron chi connectivity index (χ4n) is 3.83. The van der Waals surface area contributed by atoms with Crippen molar-refractivity contribution in [2.45, 2.75) is 38.9 Å². The van der Waals surface area contributed by atoms with Gasteiger partial charge in [-0.1, -0.05) is 50.2 Å². The first kappa shape index (κ1) is 23.7. The van der Waals surface area contributed by atoms with E-state index in [0.29, 0.717) is 0 Å². The van der Waals surface area contributed by atoms with Gasteiger partial charge in [0.05, 0.1) is 17.2 Å². The summed E-state index contributed by atoms with van der Waals surface area (Å²) < 4.78 is 39.3. The number of thiazole rings is 1. The molecule has 2 aromatic carbocycles. The van der Waals surface area contributed by atoms with Crippen molar-refractivity contribution in [2.24, 2.45) is 0 Å². The molecule has 0 bridgehead atoms. The highest BCUT2D eigenvalue weighted by molar-refractivity contribution is 7.15. The van der Waals surface area contributed by atoms with Crippen LogP contribution < -0.4 is 4.90 Å². The Morgan fingerprint density at radius 1 is 1.09 bits per heavy atom. The lowest BCUT2D eigenvalue weighted by molar-refractivity contribution is -0.137. The average Bonchev–Trinajstić information content (AvgIpc) is 3.33. The van der Waals surface area contributed by atoms with E-state index in [1.54, 1.807) is 37.4 Å². The number of carbonyl (C=O) groups excluding carboxylic acids is 2. The maximum Gasteiger partial charge on any atom is 0.416 e. The van der Waals surface area contributed by atoms with E-state index < -0.39 is 35.2 Å². The third-order valence-corrected chi connectivity index (χ3v) is 6.57. The van der Waals surface area contributed by atoms with Gasteiger partial charge in [0.1, 0.15) is 0 Å². The molecule has 176 valence electrons. The zero-order chi connectivity index (χ0) is 24.8. The normalized spacial score (nSPS) is 16.6. The van der Waals surface area contributed by atoms with Crippen LogP contribution in [-0.4, -0.2) is 21.8 Å². The van der Waals surface area contributed by atoms with E-state index in [2.05, 4.69) is 4.98 Å². The molecular weight excluding hydrogens is 465 g/mol. The van der Waals surface area contributed by atoms with Crippen molar-refractivity contribution in [3.8, 4) is 0 Å². The Hall–Kier alpha value is -3.46. The molecule has 2 heterocycles. The second-order valence-electron chi connectivity index (χ2n) is 8.32. The maximum atomic E-state index is 13.5. The summed E-state index contributed by atoms with van der Waals surface area (Å²) in [6.07, 6.45) is -3.00. The van der Waals surface area contributed by atoms with Gasteiger partial charge in [-0.05, 0) is 36.1 Å². The maximum absolute atomic E-state index is 13.5. The molecule has 1 atom stereocenters. The number of halogens is 3. The zero-order valence-electron chi connectivity index (χ0n) is 18.6. The Morgan fingerprint density at radius 2 is 1.71 bits per heavy atom. The molecule has 0 spiro atoms. The molecule has 0 radical (unpaired) electrons. The summed E-state index contributed by atoms with van der Waals surface area (Å²) in [5.41, 5.74) is 0.460. The topological polar surface area (TPSA) is 70.5 Å². The van der Waals surface area contributed by atoms with Gasteiger partial charge in [-0.2, -0.15) is 13.2 Å². The van der Waals surface area contributed by atoms with Crippen LogP contribution >= 0.6 is 11.3 Å². The Labute approximate surface area is 198 Å². The number of rotatable bonds is 5. The van der Waals surface area contributed by atoms with Crippen LogP contribution in [0.5, 0.6) is 0 Å². The fraction of sp³-hybridized carbons (Fsp3) is 0.240. The highest BCUT2D eigenvalue weighted by Crippen LogP contribution is 2.43. The minimum absolute atomic E-state index is 0.199. The van der Waals surface area contributed by atoms with E-state index in [9.17, 15) is 27.9 Å². The largest absolute Gasteiger partial charge is 0.503 e. The average molecular weight is 487 g/mol. The minimum Gasteiger partial charge on any atom is -0.503 e. The predicted molar refractivity (Wildman–Crippen MR) is 123 cm³/mol. The summed E-state index contributed by atoms with van der Waals surface area (Å²) in [5, 5.41) is 11.0. The van der Waals surface area contributed by atoms with Gasteiger partial charge in [-0.3, -0.25) is 14.5 Å². The fourth-order valence-corrected chi connectivity index (χ4v) is 4.62. The van der Waals surface area contributed by atoms with Crippen LogP contribution in [0.25, 0.3) is 0 Å². The Kier molecular flexibility index (Phi) is 6.07. The number of nitrogens with zero attached hydrogens (tertiary/aromatic N) is 2. The third kappa shape index (κ3) is 4.23. The molecule has 1 aromatic heterocycles. The van der Waals surface area contributed by atoms with Gasteiger partial charge >= 0.3 is 6.18 Å². The van der Waals surface area contributed by atoms with E-state index in [1.165, 1.54) is 23.5 Å². The molecule has 5 nitrogen and oxygen atoms in total. The number of aliphatic hydroxyl groups is 1. The van der Waals surface area contributed by atoms with Crippen molar-refractivity contribution in [1.29, 1.82) is 0 Å². The molecule has 0 aliphatic carbocycles. The van der Waals surface area contributed by atoms with Crippen molar-refractivity contribution >= 4 is 28.2 Å². The van der Waals surface area contributed by atoms with Crippen LogP contribution in [0, 0.1) is 6.92 Å². The smallest absolute Gasteiger partial charge is 0.416 e. The highest BCUT2D eigenvalue weighted by Gasteiger charge is 2.46. The molecule has 3 aromatic rings. The molecule has 4 rings (SSSR count). The van der Waals surface area contributed by atoms with Crippen LogP contribution in [0.2, 0.25) is 0 Å². The predicted octanol–water partition coefficient (Wildman–Crippen LogP) is 6.38. The summed E-state index contributed by atoms with van der Waals surface area (Å²) in [6.45, 7) is 5.80. The van der Waals surface area contributed by atoms with Crippen molar-refractivity contribution < 1.29 is 27.9 Å². The summed E-state index contributed by atoms with van der Waals surface area (Å²) in [4.78, 5) is 32.7. The molecule has 1 aliphatic heterocycles. The lowest BCUT2D eigenvalue weighted by atomic mass is 9.91. The number of amides is 1. The molecule has 0 saturated heterocycles. The van der Waals surface area contributed by atoms with Crippen LogP contribution in [0.1, 0.15) is 57.7 Å². The van der Waals surface area contributed by atoms with Crippen LogP contribution in [0.15, 0.2) is 66.1 Å². The molecule has 1 unspecified atom stereocenters. The molecule has 34 heavy (non-hydrogen) atoms. The van der Waals surface area contributed by atoms with E-state index in [4.69, 9.17) is 0 Å². The summed E-state index contributed by atoms with van der Waals surface area (Å²) >= 11 is 1.18. The highest BCUT2D eigenvalue weighted by atomic mass is 32.1. The number of anilines is 1. The first-order valence-electron chi connectivity index (χ1n) is 10.5. The Bertz CT molecular complexity index is 1280. The van der Waals surface area contributed by atoms with E-state index in [1.807, 2.05) is 13.8 Å². The number of alkyl halides is 3. The molecule has 1 aliphatic rings. The Balaban J connectivity index is 1.82. The molecule has 0 fully saturated rings. The lowest BCUT2D eigenvalue weighted by Crippen LogP contribution is -2.31. The van der Waals surface area contributed by atoms with Gasteiger partial charge in [0.2, 0.25) is 0 Å². The molecule has 1 amide bonds. The van der Waals surface area contributed by atoms with Gasteiger partial charge in [-0.15, -0.1) is 11.3 Å². The van der Waals surface area contributed by atoms with Gasteiger partial charge in [0.15, 0.2) is 16.7 Å². The van der Waals surface area contributed by atoms with Crippen molar-refractivity contribution in [3.63, 3.8) is 0 Å². The summed E-state index contributed by atoms with van der Waals surface area (Å²) in [6, 6.07) is 9.88. The van der Waals surface area contributed by atoms with Crippen LogP contribution in [-0.2, 0) is 11.0 Å². The zero-order valence-corrected chi connectivity index (χ0v) is 19.4. The van der Waals surface area contributed by atoms with Crippen molar-refractivity contribution in [3.05, 3.63) is 93.2 Å². The quantitative estimate of drug-likeness (QED) is 0.425. The van der Waals surface area contributed by atoms with Gasteiger partial charge in [0, 0.05) is 16.6 Å². The number of aryl methyl sites for hydroxylation is 1. The number of Topliss-reactive ketones (excluding diaryl/α,β-unsaturated/α-hetero) is 1. The first-order valence-corrected chi connectivity index (χ1v) is 11.3. The number of aromatic nitrogens is 1. The standard InChI is InChI=1S/C25H21F3N2O3S/c1-13(2)15-4-6-17(7-5-15)21(31)19-20(16-8-10-18(11-9-16)25(26,27)28)30(23(33)22(19)32)24-29-12-14(3)34-24/h4-13,20,32H,1-3H3. The number of aliphatic hydroxyl groups excluding tert-OH is 1. The summed E-state index contributed by atoms with van der Waals surface area (Å²) in [7, 11) is 0. The van der Waals surface area contributed by atoms with E-state index in [0.717, 1.165) is 27.5 Å². The monoisotopic (exact) mass is 486 g/mol. The number of carbonyl (C=O) groups is 2. The van der Waals surface area contributed by atoms with E-state index >= 15 is 0 Å². The minimum atomic E-state index is -4.54. The second kappa shape index (κ2) is 8.72. The van der Waals surface area contributed by atoms with Gasteiger partial charge in [-0.25, -0.2) is 4.98 Å². The number of hydrogen-bond donors (Lipinski definition) is 1. The van der Waals surface area contributed by atoms with Crippen LogP contribution in [0.3, 0.4) is 0 Å². The number of ketones is 1. The van der Waals surface area contributed by atoms with Crippen molar-refractivity contribution in [2.75, 3.05) is 4.90 Å². The van der Waals surface area contributed by atoms with Crippen molar-refractivity contribution in [1.82, 2.24) is 4.98 Å². The second-order valence-corrected chi connectivity index (χ2v) is 9.53. The van der Waals surface area contributed by atoms with Crippen LogP contribution in [0.4, 0.5) is 18.3 Å². The molecule has 0 saturated carbocycles. The van der Waals surface area contributed by atoms with E-state index in [-0.39, 0.29) is 27.7 Å². The molecule has 9 heteroatoms. The number of benzene rings is 2. The molecule has 1 N–H and O–H groups in total. The molecular formula is C25H21F3N2O3S. The third-order valence-electron chi connectivity index (χ3n) is 5.66. The number of hydrogen-bond acceptors (Lipinski definition) is 5. The Morgan fingerprint density at radius 3 is 2.21 bits per heavy atom. The SMILES string of the molecule is Cc1cnc(N2C(=O)C(O)=C(C(=O)c3ccc(C(C)C)cc3)C2c2ccc(C(F)(F)F)cc2)s1. The lowest BCUT2D eigenvalue weighted by Gasteiger charge is -2.25. The first-order chi connectivity index (χ1) is 16.0. The summed E-state index contributed by atoms with van der Waals surface area (Å²) in [5.74, 6) is -1.91. The van der Waals surface area contributed by atoms with Gasteiger partial charge in [0.25, 0.3) is 5.91 Å².